The number of ether oxygens (including phenoxy) is 1. The highest BCUT2D eigenvalue weighted by molar-refractivity contribution is 7.13. The first-order chi connectivity index (χ1) is 13.0. The fourth-order valence-corrected chi connectivity index (χ4v) is 4.82. The van der Waals surface area contributed by atoms with Gasteiger partial charge in [-0.05, 0) is 51.0 Å². The van der Waals surface area contributed by atoms with Crippen molar-refractivity contribution in [2.75, 3.05) is 19.7 Å². The second-order valence-electron chi connectivity index (χ2n) is 7.51. The number of amides is 1. The molecule has 0 bridgehead atoms. The average molecular weight is 402 g/mol. The summed E-state index contributed by atoms with van der Waals surface area (Å²) in [5.74, 6) is 0.879. The van der Waals surface area contributed by atoms with Crippen molar-refractivity contribution < 1.29 is 18.3 Å². The summed E-state index contributed by atoms with van der Waals surface area (Å²) in [6, 6.07) is 0.355. The van der Waals surface area contributed by atoms with Gasteiger partial charge in [0.2, 0.25) is 5.91 Å². The Morgan fingerprint density at radius 3 is 2.85 bits per heavy atom. The van der Waals surface area contributed by atoms with Gasteiger partial charge in [-0.3, -0.25) is 9.69 Å². The van der Waals surface area contributed by atoms with Gasteiger partial charge in [-0.25, -0.2) is 13.8 Å². The number of nitrogens with zero attached hydrogens (tertiary/aromatic N) is 2. The fraction of sp³-hybridized carbons (Fsp3) is 0.789. The van der Waals surface area contributed by atoms with Crippen molar-refractivity contribution in [3.05, 3.63) is 10.6 Å². The Morgan fingerprint density at radius 2 is 2.15 bits per heavy atom. The Kier molecular flexibility index (Phi) is 7.41. The van der Waals surface area contributed by atoms with Crippen LogP contribution in [0.25, 0.3) is 0 Å². The average Bonchev–Trinajstić information content (AvgIpc) is 3.08. The van der Waals surface area contributed by atoms with Gasteiger partial charge < -0.3 is 10.1 Å². The number of fused-ring (bicyclic) bond motifs is 1. The molecule has 1 aliphatic carbocycles. The molecule has 2 aliphatic rings. The highest BCUT2D eigenvalue weighted by Gasteiger charge is 2.25. The number of hydrogen-bond donors (Lipinski definition) is 1. The third-order valence-electron chi connectivity index (χ3n) is 5.51. The molecule has 5 nitrogen and oxygen atoms in total. The lowest BCUT2D eigenvalue weighted by atomic mass is 9.84. The van der Waals surface area contributed by atoms with Crippen molar-refractivity contribution in [3.8, 4) is 5.19 Å². The number of rotatable bonds is 8. The van der Waals surface area contributed by atoms with Crippen molar-refractivity contribution in [3.63, 3.8) is 0 Å². The van der Waals surface area contributed by atoms with Crippen LogP contribution in [0.15, 0.2) is 0 Å². The molecule has 0 atom stereocenters. The highest BCUT2D eigenvalue weighted by Crippen LogP contribution is 2.31. The van der Waals surface area contributed by atoms with E-state index >= 15 is 0 Å². The monoisotopic (exact) mass is 401 g/mol. The van der Waals surface area contributed by atoms with Crippen LogP contribution in [0.1, 0.15) is 56.0 Å². The summed E-state index contributed by atoms with van der Waals surface area (Å²) < 4.78 is 29.6. The van der Waals surface area contributed by atoms with Gasteiger partial charge in [0, 0.05) is 30.4 Å². The standard InChI is InChI=1S/C19H29F2N3O2S/c1-2-18(25)22-14-5-3-13(4-6-14)7-9-24-10-8-16-15(11-24)23-19(27-16)26-12-17(20)21/h13-14,17H,2-12H2,1H3,(H,22,25)/t13-,14-. The summed E-state index contributed by atoms with van der Waals surface area (Å²) in [6.07, 6.45) is 4.69. The molecule has 1 aromatic rings. The van der Waals surface area contributed by atoms with Gasteiger partial charge in [0.1, 0.15) is 0 Å². The van der Waals surface area contributed by atoms with E-state index in [1.54, 1.807) is 0 Å². The molecule has 152 valence electrons. The van der Waals surface area contributed by atoms with Crippen LogP contribution in [0.2, 0.25) is 0 Å². The summed E-state index contributed by atoms with van der Waals surface area (Å²) in [5, 5.41) is 3.48. The lowest BCUT2D eigenvalue weighted by Gasteiger charge is -2.31. The number of carbonyl (C=O) groups is 1. The molecule has 3 rings (SSSR count). The first-order valence-corrected chi connectivity index (χ1v) is 10.8. The van der Waals surface area contributed by atoms with Crippen LogP contribution in [0, 0.1) is 5.92 Å². The number of thiazole rings is 1. The van der Waals surface area contributed by atoms with E-state index in [0.29, 0.717) is 17.7 Å². The topological polar surface area (TPSA) is 54.5 Å². The van der Waals surface area contributed by atoms with Crippen LogP contribution in [-0.4, -0.2) is 48.0 Å². The van der Waals surface area contributed by atoms with Gasteiger partial charge in [-0.1, -0.05) is 18.3 Å². The van der Waals surface area contributed by atoms with Crippen molar-refractivity contribution in [2.24, 2.45) is 5.92 Å². The minimum atomic E-state index is -2.46. The molecule has 8 heteroatoms. The van der Waals surface area contributed by atoms with Crippen molar-refractivity contribution in [1.29, 1.82) is 0 Å². The molecule has 1 aliphatic heterocycles. The molecule has 1 amide bonds. The minimum absolute atomic E-state index is 0.155. The number of alkyl halides is 2. The zero-order valence-electron chi connectivity index (χ0n) is 15.9. The molecule has 1 saturated carbocycles. The Hall–Kier alpha value is -1.28. The van der Waals surface area contributed by atoms with Gasteiger partial charge in [-0.15, -0.1) is 0 Å². The van der Waals surface area contributed by atoms with E-state index in [-0.39, 0.29) is 5.91 Å². The van der Waals surface area contributed by atoms with E-state index in [2.05, 4.69) is 15.2 Å². The van der Waals surface area contributed by atoms with E-state index in [0.717, 1.165) is 50.5 Å². The Balaban J connectivity index is 1.39. The van der Waals surface area contributed by atoms with E-state index in [9.17, 15) is 13.6 Å². The molecule has 1 N–H and O–H groups in total. The van der Waals surface area contributed by atoms with Gasteiger partial charge >= 0.3 is 0 Å². The SMILES string of the molecule is CCC(=O)N[C@H]1CC[C@H](CCN2CCc3sc(OCC(F)F)nc3C2)CC1. The summed E-state index contributed by atoms with van der Waals surface area (Å²) >= 11 is 1.40. The molecule has 0 spiro atoms. The van der Waals surface area contributed by atoms with Crippen LogP contribution in [-0.2, 0) is 17.8 Å². The Morgan fingerprint density at radius 1 is 1.37 bits per heavy atom. The Bertz CT molecular complexity index is 618. The summed E-state index contributed by atoms with van der Waals surface area (Å²) in [5.41, 5.74) is 0.988. The van der Waals surface area contributed by atoms with Crippen LogP contribution >= 0.6 is 11.3 Å². The third-order valence-corrected chi connectivity index (χ3v) is 6.58. The molecular weight excluding hydrogens is 372 g/mol. The summed E-state index contributed by atoms with van der Waals surface area (Å²) in [7, 11) is 0. The largest absolute Gasteiger partial charge is 0.464 e. The normalized spacial score (nSPS) is 23.3. The molecule has 1 aromatic heterocycles. The van der Waals surface area contributed by atoms with Crippen LogP contribution in [0.3, 0.4) is 0 Å². The second kappa shape index (κ2) is 9.78. The lowest BCUT2D eigenvalue weighted by molar-refractivity contribution is -0.121. The molecule has 27 heavy (non-hydrogen) atoms. The molecule has 0 unspecified atom stereocenters. The van der Waals surface area contributed by atoms with E-state index in [1.807, 2.05) is 6.92 Å². The highest BCUT2D eigenvalue weighted by atomic mass is 32.1. The molecule has 0 saturated heterocycles. The molecular formula is C19H29F2N3O2S. The van der Waals surface area contributed by atoms with Crippen molar-refractivity contribution >= 4 is 17.2 Å². The first-order valence-electron chi connectivity index (χ1n) is 9.94. The Labute approximate surface area is 163 Å². The van der Waals surface area contributed by atoms with Crippen LogP contribution < -0.4 is 10.1 Å². The number of aromatic nitrogens is 1. The van der Waals surface area contributed by atoms with E-state index in [4.69, 9.17) is 4.74 Å². The molecule has 0 radical (unpaired) electrons. The second-order valence-corrected chi connectivity index (χ2v) is 8.55. The minimum Gasteiger partial charge on any atom is -0.464 e. The number of hydrogen-bond acceptors (Lipinski definition) is 5. The zero-order valence-corrected chi connectivity index (χ0v) is 16.7. The maximum Gasteiger partial charge on any atom is 0.273 e. The predicted molar refractivity (Wildman–Crippen MR) is 101 cm³/mol. The maximum absolute atomic E-state index is 12.3. The van der Waals surface area contributed by atoms with Gasteiger partial charge in [-0.2, -0.15) is 0 Å². The molecule has 1 fully saturated rings. The van der Waals surface area contributed by atoms with E-state index < -0.39 is 13.0 Å². The van der Waals surface area contributed by atoms with Crippen molar-refractivity contribution in [2.45, 2.75) is 70.9 Å². The molecule has 2 heterocycles. The summed E-state index contributed by atoms with van der Waals surface area (Å²) in [6.45, 7) is 4.12. The zero-order chi connectivity index (χ0) is 19.2. The predicted octanol–water partition coefficient (Wildman–Crippen LogP) is 3.62. The fourth-order valence-electron chi connectivity index (χ4n) is 3.91. The van der Waals surface area contributed by atoms with Crippen LogP contribution in [0.5, 0.6) is 5.19 Å². The van der Waals surface area contributed by atoms with Gasteiger partial charge in [0.25, 0.3) is 11.6 Å². The maximum atomic E-state index is 12.3. The summed E-state index contributed by atoms with van der Waals surface area (Å²) in [4.78, 5) is 19.5. The smallest absolute Gasteiger partial charge is 0.273 e. The quantitative estimate of drug-likeness (QED) is 0.723. The third kappa shape index (κ3) is 6.10. The van der Waals surface area contributed by atoms with Crippen LogP contribution in [0.4, 0.5) is 8.78 Å². The van der Waals surface area contributed by atoms with E-state index in [1.165, 1.54) is 35.5 Å². The lowest BCUT2D eigenvalue weighted by Crippen LogP contribution is -2.38. The van der Waals surface area contributed by atoms with Gasteiger partial charge in [0.05, 0.1) is 5.69 Å². The van der Waals surface area contributed by atoms with Gasteiger partial charge in [0.15, 0.2) is 6.61 Å². The first kappa shape index (κ1) is 20.5. The number of halogens is 2. The number of nitrogens with one attached hydrogen (secondary N) is 1. The molecule has 0 aromatic carbocycles. The van der Waals surface area contributed by atoms with Crippen molar-refractivity contribution in [1.82, 2.24) is 15.2 Å². The number of carbonyl (C=O) groups excluding carboxylic acids is 1.